The topological polar surface area (TPSA) is 94.7 Å². The van der Waals surface area contributed by atoms with Crippen LogP contribution >= 0.6 is 11.6 Å². The lowest BCUT2D eigenvalue weighted by Crippen LogP contribution is -2.73. The molecule has 3 heterocycles. The highest BCUT2D eigenvalue weighted by Crippen LogP contribution is 2.36. The maximum Gasteiger partial charge on any atom is 0.268 e. The van der Waals surface area contributed by atoms with Crippen molar-refractivity contribution in [2.45, 2.75) is 51.7 Å². The predicted molar refractivity (Wildman–Crippen MR) is 167 cm³/mol. The number of fused-ring (bicyclic) bond motifs is 2. The van der Waals surface area contributed by atoms with E-state index in [0.29, 0.717) is 40.9 Å². The molecule has 0 spiro atoms. The molecule has 9 heteroatoms. The molecule has 4 aromatic rings. The fourth-order valence-corrected chi connectivity index (χ4v) is 6.25. The Labute approximate surface area is 256 Å². The summed E-state index contributed by atoms with van der Waals surface area (Å²) in [5.41, 5.74) is 1.12. The molecular formula is C34H35ClN4O4. The van der Waals surface area contributed by atoms with Crippen molar-refractivity contribution in [1.82, 2.24) is 20.1 Å². The number of rotatable bonds is 6. The zero-order valence-corrected chi connectivity index (χ0v) is 25.2. The van der Waals surface area contributed by atoms with Crippen LogP contribution in [0.5, 0.6) is 11.5 Å². The Morgan fingerprint density at radius 2 is 1.67 bits per heavy atom. The van der Waals surface area contributed by atoms with Crippen LogP contribution in [0.2, 0.25) is 5.02 Å². The number of carbonyl (C=O) groups is 3. The Morgan fingerprint density at radius 1 is 0.930 bits per heavy atom. The minimum absolute atomic E-state index is 0.120. The van der Waals surface area contributed by atoms with E-state index in [1.54, 1.807) is 24.3 Å². The van der Waals surface area contributed by atoms with Gasteiger partial charge in [0.25, 0.3) is 11.8 Å². The first-order valence-corrected chi connectivity index (χ1v) is 15.0. The lowest BCUT2D eigenvalue weighted by Gasteiger charge is -2.56. The summed E-state index contributed by atoms with van der Waals surface area (Å²) in [7, 11) is 0. The fraction of sp³-hybridized carbons (Fsp3) is 0.324. The molecule has 0 bridgehead atoms. The van der Waals surface area contributed by atoms with E-state index in [4.69, 9.17) is 16.3 Å². The van der Waals surface area contributed by atoms with E-state index < -0.39 is 11.5 Å². The second-order valence-electron chi connectivity index (χ2n) is 12.4. The zero-order chi connectivity index (χ0) is 30.3. The van der Waals surface area contributed by atoms with Crippen LogP contribution in [0.1, 0.15) is 54.5 Å². The van der Waals surface area contributed by atoms with Crippen LogP contribution in [0.15, 0.2) is 78.9 Å². The van der Waals surface area contributed by atoms with E-state index in [9.17, 15) is 14.4 Å². The summed E-state index contributed by atoms with van der Waals surface area (Å²) in [4.78, 5) is 47.8. The Hall–Kier alpha value is -4.30. The molecule has 2 aliphatic rings. The average molecular weight is 599 g/mol. The first-order valence-electron chi connectivity index (χ1n) is 14.6. The van der Waals surface area contributed by atoms with Crippen LogP contribution in [0.4, 0.5) is 0 Å². The number of para-hydroxylation sites is 2. The molecule has 2 saturated heterocycles. The van der Waals surface area contributed by atoms with Crippen molar-refractivity contribution in [3.8, 4) is 11.5 Å². The minimum Gasteiger partial charge on any atom is -0.457 e. The van der Waals surface area contributed by atoms with Crippen LogP contribution < -0.4 is 10.1 Å². The number of nitrogens with one attached hydrogen (secondary N) is 2. The van der Waals surface area contributed by atoms with Gasteiger partial charge in [-0.1, -0.05) is 68.8 Å². The van der Waals surface area contributed by atoms with Crippen LogP contribution in [0.3, 0.4) is 0 Å². The number of ether oxygens (including phenoxy) is 1. The third-order valence-corrected chi connectivity index (χ3v) is 8.71. The summed E-state index contributed by atoms with van der Waals surface area (Å²) >= 11 is 6.50. The summed E-state index contributed by atoms with van der Waals surface area (Å²) in [5, 5.41) is 4.28. The predicted octanol–water partition coefficient (Wildman–Crippen LogP) is 6.27. The molecule has 1 aromatic heterocycles. The maximum absolute atomic E-state index is 13.9. The Bertz CT molecular complexity index is 1650. The number of hydrogen-bond acceptors (Lipinski definition) is 4. The number of nitrogens with zero attached hydrogens (tertiary/aromatic N) is 2. The van der Waals surface area contributed by atoms with Gasteiger partial charge in [-0.05, 0) is 60.7 Å². The maximum atomic E-state index is 13.9. The highest BCUT2D eigenvalue weighted by atomic mass is 35.5. The standard InChI is InChI=1S/C34H35ClN4O4/c1-34(2,3)30(37-31(40)27-18-21-10-7-8-13-26(21)36-27)33(42)39-20-29-28(39)14-9-17-38(29)32(41)24-19-23(15-16-25(24)35)43-22-11-5-4-6-12-22/h4-8,10-13,15-16,18-19,28-30,36H,9,14,17,20H2,1-3H3,(H,37,40)/t28?,29-,30-/m1/s1. The third-order valence-electron chi connectivity index (χ3n) is 8.38. The Balaban J connectivity index is 1.16. The van der Waals surface area contributed by atoms with Gasteiger partial charge in [0.1, 0.15) is 23.2 Å². The molecule has 6 rings (SSSR count). The molecule has 3 amide bonds. The third kappa shape index (κ3) is 5.71. The average Bonchev–Trinajstić information content (AvgIpc) is 3.41. The van der Waals surface area contributed by atoms with Gasteiger partial charge in [0.15, 0.2) is 0 Å². The van der Waals surface area contributed by atoms with Gasteiger partial charge in [0.05, 0.1) is 22.7 Å². The van der Waals surface area contributed by atoms with Crippen LogP contribution in [0, 0.1) is 5.41 Å². The van der Waals surface area contributed by atoms with Crippen molar-refractivity contribution < 1.29 is 19.1 Å². The number of halogens is 1. The van der Waals surface area contributed by atoms with Gasteiger partial charge in [-0.25, -0.2) is 0 Å². The number of piperidine rings is 1. The molecule has 0 radical (unpaired) electrons. The van der Waals surface area contributed by atoms with Gasteiger partial charge in [-0.3, -0.25) is 14.4 Å². The monoisotopic (exact) mass is 598 g/mol. The van der Waals surface area contributed by atoms with Crippen molar-refractivity contribution in [2.24, 2.45) is 5.41 Å². The molecule has 0 saturated carbocycles. The fourth-order valence-electron chi connectivity index (χ4n) is 6.06. The minimum atomic E-state index is -0.736. The molecule has 0 aliphatic carbocycles. The van der Waals surface area contributed by atoms with Crippen molar-refractivity contribution in [1.29, 1.82) is 0 Å². The van der Waals surface area contributed by atoms with E-state index >= 15 is 0 Å². The second kappa shape index (κ2) is 11.4. The van der Waals surface area contributed by atoms with Gasteiger partial charge in [0, 0.05) is 24.0 Å². The number of aromatic nitrogens is 1. The van der Waals surface area contributed by atoms with E-state index in [-0.39, 0.29) is 29.8 Å². The number of hydrogen-bond donors (Lipinski definition) is 2. The molecule has 1 unspecified atom stereocenters. The van der Waals surface area contributed by atoms with Crippen LogP contribution in [-0.4, -0.2) is 63.7 Å². The molecule has 2 N–H and O–H groups in total. The summed E-state index contributed by atoms with van der Waals surface area (Å²) in [6.07, 6.45) is 1.55. The number of likely N-dealkylation sites (tertiary alicyclic amines) is 2. The van der Waals surface area contributed by atoms with Crippen molar-refractivity contribution in [3.05, 3.63) is 95.1 Å². The number of H-pyrrole nitrogens is 1. The molecule has 3 aromatic carbocycles. The van der Waals surface area contributed by atoms with Gasteiger partial charge >= 0.3 is 0 Å². The lowest BCUT2D eigenvalue weighted by atomic mass is 9.81. The molecule has 2 aliphatic heterocycles. The van der Waals surface area contributed by atoms with Crippen molar-refractivity contribution in [3.63, 3.8) is 0 Å². The molecule has 43 heavy (non-hydrogen) atoms. The summed E-state index contributed by atoms with van der Waals surface area (Å²) in [6.45, 7) is 6.83. The molecular weight excluding hydrogens is 564 g/mol. The Kier molecular flexibility index (Phi) is 7.65. The number of carbonyl (C=O) groups excluding carboxylic acids is 3. The lowest BCUT2D eigenvalue weighted by molar-refractivity contribution is -0.152. The summed E-state index contributed by atoms with van der Waals surface area (Å²) in [6, 6.07) is 22.9. The van der Waals surface area contributed by atoms with Gasteiger partial charge in [0.2, 0.25) is 5.91 Å². The summed E-state index contributed by atoms with van der Waals surface area (Å²) in [5.74, 6) is 0.555. The first-order chi connectivity index (χ1) is 20.6. The highest BCUT2D eigenvalue weighted by molar-refractivity contribution is 6.33. The number of aromatic amines is 1. The number of benzene rings is 3. The van der Waals surface area contributed by atoms with E-state index in [2.05, 4.69) is 10.3 Å². The highest BCUT2D eigenvalue weighted by Gasteiger charge is 2.51. The SMILES string of the molecule is CC(C)(C)[C@H](NC(=O)c1cc2ccccc2[nH]1)C(=O)N1C[C@@H]2C1CCCN2C(=O)c1cc(Oc2ccccc2)ccc1Cl. The Morgan fingerprint density at radius 3 is 2.42 bits per heavy atom. The normalized spacial score (nSPS) is 18.9. The number of amides is 3. The van der Waals surface area contributed by atoms with Gasteiger partial charge in [-0.2, -0.15) is 0 Å². The smallest absolute Gasteiger partial charge is 0.268 e. The summed E-state index contributed by atoms with van der Waals surface area (Å²) < 4.78 is 5.94. The quantitative estimate of drug-likeness (QED) is 0.273. The first kappa shape index (κ1) is 28.8. The molecule has 2 fully saturated rings. The molecule has 8 nitrogen and oxygen atoms in total. The van der Waals surface area contributed by atoms with Crippen LogP contribution in [-0.2, 0) is 4.79 Å². The second-order valence-corrected chi connectivity index (χ2v) is 12.8. The molecule has 222 valence electrons. The van der Waals surface area contributed by atoms with Crippen molar-refractivity contribution in [2.75, 3.05) is 13.1 Å². The van der Waals surface area contributed by atoms with Gasteiger partial charge < -0.3 is 24.8 Å². The van der Waals surface area contributed by atoms with Gasteiger partial charge in [-0.15, -0.1) is 0 Å². The van der Waals surface area contributed by atoms with E-state index in [0.717, 1.165) is 23.7 Å². The molecule has 3 atom stereocenters. The zero-order valence-electron chi connectivity index (χ0n) is 24.5. The van der Waals surface area contributed by atoms with E-state index in [1.807, 2.05) is 85.2 Å². The van der Waals surface area contributed by atoms with E-state index in [1.165, 1.54) is 0 Å². The van der Waals surface area contributed by atoms with Crippen LogP contribution in [0.25, 0.3) is 10.9 Å². The van der Waals surface area contributed by atoms with Crippen molar-refractivity contribution >= 4 is 40.2 Å². The largest absolute Gasteiger partial charge is 0.457 e.